The van der Waals surface area contributed by atoms with Crippen LogP contribution in [0.25, 0.3) is 0 Å². The summed E-state index contributed by atoms with van der Waals surface area (Å²) in [6, 6.07) is 0. The standard InChI is InChI=1S/C9H21O4P.H3N/c1-3-4-5-6-7-8-9-13-14(10,11)12-2;/h3-9H2,1-2H3,(H,10,11);1H3. The lowest BCUT2D eigenvalue weighted by atomic mass is 10.1. The minimum atomic E-state index is -3.73. The van der Waals surface area contributed by atoms with Gasteiger partial charge in [-0.2, -0.15) is 0 Å². The zero-order valence-corrected chi connectivity index (χ0v) is 10.7. The molecule has 0 fully saturated rings. The Morgan fingerprint density at radius 1 is 1.13 bits per heavy atom. The highest BCUT2D eigenvalue weighted by Crippen LogP contribution is 2.41. The largest absolute Gasteiger partial charge is 0.471 e. The maximum atomic E-state index is 10.8. The molecule has 15 heavy (non-hydrogen) atoms. The van der Waals surface area contributed by atoms with Crippen molar-refractivity contribution in [1.82, 2.24) is 6.15 Å². The highest BCUT2D eigenvalue weighted by Gasteiger charge is 2.16. The molecule has 0 rings (SSSR count). The summed E-state index contributed by atoms with van der Waals surface area (Å²) < 4.78 is 19.8. The number of hydrogen-bond acceptors (Lipinski definition) is 4. The van der Waals surface area contributed by atoms with Gasteiger partial charge in [-0.3, -0.25) is 9.05 Å². The van der Waals surface area contributed by atoms with Gasteiger partial charge in [0.1, 0.15) is 0 Å². The predicted molar refractivity (Wildman–Crippen MR) is 61.2 cm³/mol. The monoisotopic (exact) mass is 241 g/mol. The smallest absolute Gasteiger partial charge is 0.344 e. The van der Waals surface area contributed by atoms with Crippen LogP contribution >= 0.6 is 7.82 Å². The van der Waals surface area contributed by atoms with Gasteiger partial charge in [-0.15, -0.1) is 0 Å². The van der Waals surface area contributed by atoms with Gasteiger partial charge in [0.15, 0.2) is 0 Å². The first-order valence-electron chi connectivity index (χ1n) is 5.15. The minimum absolute atomic E-state index is 0. The van der Waals surface area contributed by atoms with Crippen LogP contribution < -0.4 is 6.15 Å². The van der Waals surface area contributed by atoms with Gasteiger partial charge < -0.3 is 11.0 Å². The van der Waals surface area contributed by atoms with Crippen LogP contribution in [0.1, 0.15) is 45.4 Å². The molecule has 94 valence electrons. The molecule has 0 radical (unpaired) electrons. The highest BCUT2D eigenvalue weighted by molar-refractivity contribution is 7.47. The predicted octanol–water partition coefficient (Wildman–Crippen LogP) is 3.27. The summed E-state index contributed by atoms with van der Waals surface area (Å²) in [5.41, 5.74) is 0. The van der Waals surface area contributed by atoms with Gasteiger partial charge in [0.2, 0.25) is 0 Å². The molecule has 6 heteroatoms. The maximum Gasteiger partial charge on any atom is 0.471 e. The Morgan fingerprint density at radius 2 is 1.67 bits per heavy atom. The fraction of sp³-hybridized carbons (Fsp3) is 1.00. The van der Waals surface area contributed by atoms with E-state index in [4.69, 9.17) is 4.89 Å². The summed E-state index contributed by atoms with van der Waals surface area (Å²) in [4.78, 5) is 8.88. The number of phosphoric acid groups is 1. The Balaban J connectivity index is 0. The third kappa shape index (κ3) is 12.0. The summed E-state index contributed by atoms with van der Waals surface area (Å²) in [5.74, 6) is 0. The Labute approximate surface area is 92.4 Å². The topological polar surface area (TPSA) is 90.8 Å². The normalized spacial score (nSPS) is 14.3. The van der Waals surface area contributed by atoms with Crippen molar-refractivity contribution in [3.05, 3.63) is 0 Å². The first kappa shape index (κ1) is 17.5. The van der Waals surface area contributed by atoms with Crippen LogP contribution in [-0.4, -0.2) is 18.6 Å². The molecule has 1 atom stereocenters. The molecule has 0 aromatic carbocycles. The summed E-state index contributed by atoms with van der Waals surface area (Å²) in [6.45, 7) is 2.47. The van der Waals surface area contributed by atoms with E-state index < -0.39 is 7.82 Å². The van der Waals surface area contributed by atoms with E-state index in [1.54, 1.807) is 0 Å². The Morgan fingerprint density at radius 3 is 2.20 bits per heavy atom. The van der Waals surface area contributed by atoms with Crippen LogP contribution in [0.4, 0.5) is 0 Å². The molecule has 1 unspecified atom stereocenters. The Kier molecular flexibility index (Phi) is 12.3. The Bertz CT molecular complexity index is 177. The molecule has 0 aromatic heterocycles. The molecule has 4 N–H and O–H groups in total. The summed E-state index contributed by atoms with van der Waals surface area (Å²) in [6.07, 6.45) is 6.75. The summed E-state index contributed by atoms with van der Waals surface area (Å²) in [5, 5.41) is 0. The van der Waals surface area contributed by atoms with Gasteiger partial charge in [0.25, 0.3) is 0 Å². The molecule has 5 nitrogen and oxygen atoms in total. The zero-order chi connectivity index (χ0) is 10.9. The van der Waals surface area contributed by atoms with E-state index in [-0.39, 0.29) is 6.15 Å². The SMILES string of the molecule is CCCCCCCCOP(=O)(O)OC.N. The zero-order valence-electron chi connectivity index (χ0n) is 9.78. The quantitative estimate of drug-likeness (QED) is 0.477. The molecular formula is C9H24NO4P. The molecule has 0 aliphatic heterocycles. The van der Waals surface area contributed by atoms with Crippen LogP contribution in [0.3, 0.4) is 0 Å². The average molecular weight is 241 g/mol. The number of rotatable bonds is 9. The van der Waals surface area contributed by atoms with Gasteiger partial charge in [-0.05, 0) is 6.42 Å². The van der Waals surface area contributed by atoms with Crippen LogP contribution in [0, 0.1) is 0 Å². The molecule has 0 amide bonds. The van der Waals surface area contributed by atoms with Gasteiger partial charge in [0, 0.05) is 7.11 Å². The lowest BCUT2D eigenvalue weighted by Crippen LogP contribution is -1.94. The van der Waals surface area contributed by atoms with Gasteiger partial charge in [0.05, 0.1) is 6.61 Å². The van der Waals surface area contributed by atoms with Crippen LogP contribution in [0.2, 0.25) is 0 Å². The van der Waals surface area contributed by atoms with Crippen LogP contribution in [0.15, 0.2) is 0 Å². The van der Waals surface area contributed by atoms with E-state index in [1.165, 1.54) is 32.8 Å². The van der Waals surface area contributed by atoms with Crippen molar-refractivity contribution in [2.24, 2.45) is 0 Å². The first-order valence-corrected chi connectivity index (χ1v) is 6.65. The number of unbranched alkanes of at least 4 members (excludes halogenated alkanes) is 5. The third-order valence-corrected chi connectivity index (χ3v) is 2.95. The molecule has 0 bridgehead atoms. The second kappa shape index (κ2) is 10.6. The van der Waals surface area contributed by atoms with E-state index in [1.807, 2.05) is 0 Å². The highest BCUT2D eigenvalue weighted by atomic mass is 31.2. The van der Waals surface area contributed by atoms with Crippen LogP contribution in [0.5, 0.6) is 0 Å². The second-order valence-corrected chi connectivity index (χ2v) is 4.81. The van der Waals surface area contributed by atoms with Crippen molar-refractivity contribution >= 4 is 7.82 Å². The molecule has 0 saturated heterocycles. The van der Waals surface area contributed by atoms with E-state index in [2.05, 4.69) is 16.0 Å². The number of phosphoric ester groups is 1. The second-order valence-electron chi connectivity index (χ2n) is 3.25. The van der Waals surface area contributed by atoms with Crippen molar-refractivity contribution in [1.29, 1.82) is 0 Å². The molecule has 0 aromatic rings. The summed E-state index contributed by atoms with van der Waals surface area (Å²) in [7, 11) is -2.57. The first-order chi connectivity index (χ1) is 6.62. The van der Waals surface area contributed by atoms with Crippen molar-refractivity contribution in [3.63, 3.8) is 0 Å². The molecular weight excluding hydrogens is 217 g/mol. The summed E-state index contributed by atoms with van der Waals surface area (Å²) >= 11 is 0. The number of hydrogen-bond donors (Lipinski definition) is 2. The lowest BCUT2D eigenvalue weighted by molar-refractivity contribution is 0.170. The lowest BCUT2D eigenvalue weighted by Gasteiger charge is -2.08. The maximum absolute atomic E-state index is 10.8. The van der Waals surface area contributed by atoms with E-state index in [0.29, 0.717) is 6.61 Å². The fourth-order valence-electron chi connectivity index (χ4n) is 1.12. The fourth-order valence-corrected chi connectivity index (χ4v) is 1.58. The van der Waals surface area contributed by atoms with Crippen LogP contribution in [-0.2, 0) is 13.6 Å². The van der Waals surface area contributed by atoms with Crippen molar-refractivity contribution in [3.8, 4) is 0 Å². The van der Waals surface area contributed by atoms with E-state index in [9.17, 15) is 4.57 Å². The van der Waals surface area contributed by atoms with Crippen molar-refractivity contribution in [2.75, 3.05) is 13.7 Å². The van der Waals surface area contributed by atoms with Crippen molar-refractivity contribution < 1.29 is 18.5 Å². The van der Waals surface area contributed by atoms with Gasteiger partial charge in [-0.1, -0.05) is 39.0 Å². The molecule has 0 aliphatic carbocycles. The van der Waals surface area contributed by atoms with Gasteiger partial charge >= 0.3 is 7.82 Å². The average Bonchev–Trinajstić information content (AvgIpc) is 2.16. The molecule has 0 spiro atoms. The van der Waals surface area contributed by atoms with Gasteiger partial charge in [-0.25, -0.2) is 4.57 Å². The molecule has 0 aliphatic rings. The van der Waals surface area contributed by atoms with Crippen molar-refractivity contribution in [2.45, 2.75) is 45.4 Å². The third-order valence-electron chi connectivity index (χ3n) is 1.98. The minimum Gasteiger partial charge on any atom is -0.344 e. The van der Waals surface area contributed by atoms with E-state index in [0.717, 1.165) is 12.8 Å². The Hall–Kier alpha value is 0.0700. The van der Waals surface area contributed by atoms with E-state index >= 15 is 0 Å². The molecule has 0 saturated carbocycles. The molecule has 0 heterocycles.